The van der Waals surface area contributed by atoms with Crippen molar-refractivity contribution in [3.05, 3.63) is 11.8 Å². The molecule has 0 aliphatic carbocycles. The molecule has 0 aromatic carbocycles. The van der Waals surface area contributed by atoms with Crippen molar-refractivity contribution in [2.45, 2.75) is 18.9 Å². The number of carbonyl (C=O) groups excluding carboxylic acids is 1. The molecule has 0 bridgehead atoms. The normalized spacial score (nSPS) is 19.6. The number of anilines is 1. The molecule has 1 amide bonds. The first-order chi connectivity index (χ1) is 7.66. The van der Waals surface area contributed by atoms with Crippen LogP contribution in [0.3, 0.4) is 0 Å². The van der Waals surface area contributed by atoms with Crippen molar-refractivity contribution in [3.63, 3.8) is 0 Å². The minimum atomic E-state index is -1.12. The number of carboxylic acids is 1. The van der Waals surface area contributed by atoms with Crippen LogP contribution in [0.4, 0.5) is 5.82 Å². The topological polar surface area (TPSA) is 104 Å². The fourth-order valence-electron chi connectivity index (χ4n) is 1.49. The number of carboxylic acid groups (broad SMARTS) is 1. The third-order valence-corrected chi connectivity index (χ3v) is 2.28. The van der Waals surface area contributed by atoms with Crippen LogP contribution in [0.15, 0.2) is 6.07 Å². The smallest absolute Gasteiger partial charge is 0.353 e. The Morgan fingerprint density at radius 3 is 3.00 bits per heavy atom. The number of nitrogens with one attached hydrogen (secondary N) is 2. The van der Waals surface area contributed by atoms with Crippen LogP contribution in [-0.4, -0.2) is 39.9 Å². The number of rotatable bonds is 3. The highest BCUT2D eigenvalue weighted by Crippen LogP contribution is 2.14. The van der Waals surface area contributed by atoms with Gasteiger partial charge in [-0.15, -0.1) is 0 Å². The highest BCUT2D eigenvalue weighted by atomic mass is 16.5. The molecule has 1 aromatic heterocycles. The summed E-state index contributed by atoms with van der Waals surface area (Å²) >= 11 is 0. The third kappa shape index (κ3) is 2.19. The molecule has 7 heteroatoms. The number of carbonyl (C=O) groups is 2. The lowest BCUT2D eigenvalue weighted by Gasteiger charge is -2.07. The van der Waals surface area contributed by atoms with Gasteiger partial charge in [0.05, 0.1) is 0 Å². The summed E-state index contributed by atoms with van der Waals surface area (Å²) in [4.78, 5) is 22.1. The van der Waals surface area contributed by atoms with Crippen molar-refractivity contribution in [1.29, 1.82) is 0 Å². The molecule has 16 heavy (non-hydrogen) atoms. The van der Waals surface area contributed by atoms with Gasteiger partial charge in [-0.1, -0.05) is 0 Å². The van der Waals surface area contributed by atoms with Crippen molar-refractivity contribution >= 4 is 17.7 Å². The van der Waals surface area contributed by atoms with Crippen molar-refractivity contribution in [2.24, 2.45) is 0 Å². The van der Waals surface area contributed by atoms with E-state index in [-0.39, 0.29) is 17.4 Å². The highest BCUT2D eigenvalue weighted by Gasteiger charge is 2.24. The van der Waals surface area contributed by atoms with Crippen LogP contribution in [0.25, 0.3) is 0 Å². The first-order valence-electron chi connectivity index (χ1n) is 4.88. The van der Waals surface area contributed by atoms with Gasteiger partial charge in [-0.2, -0.15) is 5.10 Å². The molecule has 0 radical (unpaired) electrons. The molecule has 0 spiro atoms. The van der Waals surface area contributed by atoms with E-state index in [1.165, 1.54) is 6.07 Å². The van der Waals surface area contributed by atoms with Gasteiger partial charge in [0.15, 0.2) is 5.82 Å². The van der Waals surface area contributed by atoms with Gasteiger partial charge in [0.25, 0.3) is 5.91 Å². The Labute approximate surface area is 90.8 Å². The van der Waals surface area contributed by atoms with E-state index in [0.717, 1.165) is 6.42 Å². The van der Waals surface area contributed by atoms with E-state index in [1.54, 1.807) is 0 Å². The SMILES string of the molecule is O=C(O)c1cc(NC(=O)C2CCCO2)n[nH]1. The third-order valence-electron chi connectivity index (χ3n) is 2.28. The summed E-state index contributed by atoms with van der Waals surface area (Å²) in [6.07, 6.45) is 1.09. The number of hydrogen-bond donors (Lipinski definition) is 3. The number of aromatic carboxylic acids is 1. The van der Waals surface area contributed by atoms with Crippen LogP contribution in [0.5, 0.6) is 0 Å². The maximum Gasteiger partial charge on any atom is 0.353 e. The molecule has 86 valence electrons. The lowest BCUT2D eigenvalue weighted by molar-refractivity contribution is -0.124. The van der Waals surface area contributed by atoms with Gasteiger partial charge in [0.2, 0.25) is 0 Å². The Morgan fingerprint density at radius 1 is 1.62 bits per heavy atom. The number of ether oxygens (including phenoxy) is 1. The van der Waals surface area contributed by atoms with Crippen molar-refractivity contribution in [2.75, 3.05) is 11.9 Å². The number of aromatic nitrogens is 2. The molecule has 1 unspecified atom stereocenters. The Kier molecular flexibility index (Phi) is 2.86. The van der Waals surface area contributed by atoms with Gasteiger partial charge in [-0.3, -0.25) is 9.89 Å². The zero-order valence-electron chi connectivity index (χ0n) is 8.40. The number of nitrogens with zero attached hydrogens (tertiary/aromatic N) is 1. The maximum absolute atomic E-state index is 11.6. The van der Waals surface area contributed by atoms with Gasteiger partial charge in [-0.05, 0) is 12.8 Å². The summed E-state index contributed by atoms with van der Waals surface area (Å²) in [5.74, 6) is -1.22. The van der Waals surface area contributed by atoms with E-state index in [1.807, 2.05) is 0 Å². The average Bonchev–Trinajstić information content (AvgIpc) is 2.87. The monoisotopic (exact) mass is 225 g/mol. The van der Waals surface area contributed by atoms with Crippen LogP contribution in [0, 0.1) is 0 Å². The van der Waals surface area contributed by atoms with Crippen LogP contribution < -0.4 is 5.32 Å². The second-order valence-corrected chi connectivity index (χ2v) is 3.46. The Morgan fingerprint density at radius 2 is 2.44 bits per heavy atom. The van der Waals surface area contributed by atoms with Gasteiger partial charge >= 0.3 is 5.97 Å². The summed E-state index contributed by atoms with van der Waals surface area (Å²) in [7, 11) is 0. The van der Waals surface area contributed by atoms with Crippen LogP contribution in [0.1, 0.15) is 23.3 Å². The van der Waals surface area contributed by atoms with Gasteiger partial charge in [0, 0.05) is 12.7 Å². The minimum absolute atomic E-state index is 0.0670. The number of hydrogen-bond acceptors (Lipinski definition) is 4. The zero-order chi connectivity index (χ0) is 11.5. The van der Waals surface area contributed by atoms with E-state index in [4.69, 9.17) is 9.84 Å². The van der Waals surface area contributed by atoms with E-state index in [9.17, 15) is 9.59 Å². The van der Waals surface area contributed by atoms with Crippen LogP contribution >= 0.6 is 0 Å². The molecule has 1 aliphatic heterocycles. The lowest BCUT2D eigenvalue weighted by Crippen LogP contribution is -2.26. The summed E-state index contributed by atoms with van der Waals surface area (Å²) in [5.41, 5.74) is -0.0670. The molecule has 0 saturated carbocycles. The fraction of sp³-hybridized carbons (Fsp3) is 0.444. The fourth-order valence-corrected chi connectivity index (χ4v) is 1.49. The minimum Gasteiger partial charge on any atom is -0.477 e. The summed E-state index contributed by atoms with van der Waals surface area (Å²) in [6, 6.07) is 1.26. The van der Waals surface area contributed by atoms with Gasteiger partial charge in [0.1, 0.15) is 11.8 Å². The Bertz CT molecular complexity index is 409. The molecule has 7 nitrogen and oxygen atoms in total. The Hall–Kier alpha value is -1.89. The number of H-pyrrole nitrogens is 1. The summed E-state index contributed by atoms with van der Waals surface area (Å²) in [6.45, 7) is 0.582. The molecule has 1 atom stereocenters. The quantitative estimate of drug-likeness (QED) is 0.682. The molecule has 1 aliphatic rings. The summed E-state index contributed by atoms with van der Waals surface area (Å²) in [5, 5.41) is 17.1. The predicted octanol–water partition coefficient (Wildman–Crippen LogP) is 0.225. The Balaban J connectivity index is 1.97. The average molecular weight is 225 g/mol. The van der Waals surface area contributed by atoms with E-state index >= 15 is 0 Å². The second-order valence-electron chi connectivity index (χ2n) is 3.46. The first-order valence-corrected chi connectivity index (χ1v) is 4.88. The van der Waals surface area contributed by atoms with E-state index in [2.05, 4.69) is 15.5 Å². The molecule has 1 fully saturated rings. The van der Waals surface area contributed by atoms with Crippen molar-refractivity contribution in [3.8, 4) is 0 Å². The highest BCUT2D eigenvalue weighted by molar-refractivity contribution is 5.94. The summed E-state index contributed by atoms with van der Waals surface area (Å²) < 4.78 is 5.17. The van der Waals surface area contributed by atoms with E-state index < -0.39 is 12.1 Å². The van der Waals surface area contributed by atoms with Gasteiger partial charge in [-0.25, -0.2) is 4.79 Å². The molecule has 3 N–H and O–H groups in total. The predicted molar refractivity (Wildman–Crippen MR) is 53.2 cm³/mol. The number of amides is 1. The van der Waals surface area contributed by atoms with Gasteiger partial charge < -0.3 is 15.2 Å². The van der Waals surface area contributed by atoms with Crippen LogP contribution in [-0.2, 0) is 9.53 Å². The van der Waals surface area contributed by atoms with Crippen molar-refractivity contribution < 1.29 is 19.4 Å². The second kappa shape index (κ2) is 4.31. The van der Waals surface area contributed by atoms with E-state index in [0.29, 0.717) is 13.0 Å². The molecule has 1 aromatic rings. The standard InChI is InChI=1S/C9H11N3O4/c13-8(6-2-1-3-16-6)10-7-4-5(9(14)15)11-12-7/h4,6H,1-3H2,(H,14,15)(H2,10,11,12,13). The van der Waals surface area contributed by atoms with Crippen LogP contribution in [0.2, 0.25) is 0 Å². The molecular weight excluding hydrogens is 214 g/mol. The molecule has 1 saturated heterocycles. The zero-order valence-corrected chi connectivity index (χ0v) is 8.40. The first kappa shape index (κ1) is 10.6. The number of aromatic amines is 1. The molecule has 2 rings (SSSR count). The molecule has 2 heterocycles. The molecular formula is C9H11N3O4. The largest absolute Gasteiger partial charge is 0.477 e. The maximum atomic E-state index is 11.6. The van der Waals surface area contributed by atoms with Crippen molar-refractivity contribution in [1.82, 2.24) is 10.2 Å². The lowest BCUT2D eigenvalue weighted by atomic mass is 10.2.